The van der Waals surface area contributed by atoms with Crippen LogP contribution in [0.1, 0.15) is 63.1 Å². The van der Waals surface area contributed by atoms with Crippen LogP contribution >= 0.6 is 11.3 Å². The Balaban J connectivity index is 1.46. The number of carbonyl (C=O) groups excluding carboxylic acids is 3. The molecule has 3 aromatic rings. The van der Waals surface area contributed by atoms with E-state index >= 15 is 0 Å². The third kappa shape index (κ3) is 6.54. The molecule has 0 aliphatic carbocycles. The molecule has 0 radical (unpaired) electrons. The first-order chi connectivity index (χ1) is 18.5. The van der Waals surface area contributed by atoms with Crippen molar-refractivity contribution >= 4 is 28.9 Å². The summed E-state index contributed by atoms with van der Waals surface area (Å²) in [5.74, 6) is -1.39. The summed E-state index contributed by atoms with van der Waals surface area (Å²) in [4.78, 5) is 45.1. The molecule has 1 aliphatic heterocycles. The Morgan fingerprint density at radius 1 is 1.23 bits per heavy atom. The Morgan fingerprint density at radius 3 is 2.56 bits per heavy atom. The van der Waals surface area contributed by atoms with Gasteiger partial charge in [0.1, 0.15) is 18.6 Å². The minimum atomic E-state index is -0.827. The molecule has 1 aromatic carbocycles. The third-order valence-corrected chi connectivity index (χ3v) is 7.79. The fourth-order valence-corrected chi connectivity index (χ4v) is 5.59. The summed E-state index contributed by atoms with van der Waals surface area (Å²) >= 11 is 1.58. The molecule has 1 saturated heterocycles. The summed E-state index contributed by atoms with van der Waals surface area (Å²) in [6.07, 6.45) is -0.679. The van der Waals surface area contributed by atoms with E-state index in [4.69, 9.17) is 9.26 Å². The number of ketones is 1. The normalized spacial score (nSPS) is 18.7. The molecule has 4 rings (SSSR count). The van der Waals surface area contributed by atoms with E-state index in [0.717, 1.165) is 21.7 Å². The Bertz CT molecular complexity index is 1320. The zero-order chi connectivity index (χ0) is 28.3. The van der Waals surface area contributed by atoms with E-state index < -0.39 is 18.1 Å². The molecule has 0 spiro atoms. The van der Waals surface area contributed by atoms with Crippen molar-refractivity contribution in [2.45, 2.75) is 65.1 Å². The van der Waals surface area contributed by atoms with Gasteiger partial charge >= 0.3 is 0 Å². The van der Waals surface area contributed by atoms with Gasteiger partial charge in [-0.2, -0.15) is 0 Å². The summed E-state index contributed by atoms with van der Waals surface area (Å²) in [6, 6.07) is 8.31. The number of nitrogens with one attached hydrogen (secondary N) is 1. The number of amides is 2. The standard InChI is InChI=1S/C28H34N4O6S/c1-15(2)25(23-11-24(31-38-23)37-13-16(3)33)28(36)32-12-21(34)10-22(32)27(35)30-17(4)19-6-8-20(9-7-19)26-18(5)29-14-39-26/h6-9,11,14-15,17,21-22,25,34H,10,12-13H2,1-5H3,(H,30,35)/t17-,21+,22-,25+/m0/s1. The van der Waals surface area contributed by atoms with E-state index in [0.29, 0.717) is 0 Å². The maximum atomic E-state index is 13.7. The van der Waals surface area contributed by atoms with Crippen molar-refractivity contribution in [2.24, 2.45) is 5.92 Å². The fourth-order valence-electron chi connectivity index (χ4n) is 4.78. The molecule has 0 bridgehead atoms. The molecular weight excluding hydrogens is 520 g/mol. The molecule has 39 heavy (non-hydrogen) atoms. The van der Waals surface area contributed by atoms with Crippen LogP contribution < -0.4 is 10.1 Å². The topological polar surface area (TPSA) is 135 Å². The molecule has 3 heterocycles. The van der Waals surface area contributed by atoms with Crippen LogP contribution in [0, 0.1) is 12.8 Å². The van der Waals surface area contributed by atoms with Crippen molar-refractivity contribution in [3.8, 4) is 16.3 Å². The lowest BCUT2D eigenvalue weighted by Crippen LogP contribution is -2.48. The summed E-state index contributed by atoms with van der Waals surface area (Å²) in [5.41, 5.74) is 4.78. The highest BCUT2D eigenvalue weighted by atomic mass is 32.1. The van der Waals surface area contributed by atoms with Crippen LogP contribution in [0.5, 0.6) is 5.88 Å². The van der Waals surface area contributed by atoms with Crippen LogP contribution in [-0.2, 0) is 14.4 Å². The van der Waals surface area contributed by atoms with Gasteiger partial charge < -0.3 is 24.6 Å². The molecule has 208 valence electrons. The average Bonchev–Trinajstić information content (AvgIpc) is 3.62. The number of hydrogen-bond acceptors (Lipinski definition) is 9. The van der Waals surface area contributed by atoms with Crippen LogP contribution in [0.4, 0.5) is 0 Å². The smallest absolute Gasteiger partial charge is 0.254 e. The van der Waals surface area contributed by atoms with Gasteiger partial charge in [0.15, 0.2) is 11.5 Å². The van der Waals surface area contributed by atoms with Gasteiger partial charge in [0.05, 0.1) is 28.2 Å². The predicted octanol–water partition coefficient (Wildman–Crippen LogP) is 3.65. The first-order valence-corrected chi connectivity index (χ1v) is 13.8. The number of carbonyl (C=O) groups is 3. The van der Waals surface area contributed by atoms with Gasteiger partial charge in [0, 0.05) is 19.0 Å². The highest BCUT2D eigenvalue weighted by Gasteiger charge is 2.43. The van der Waals surface area contributed by atoms with Gasteiger partial charge in [-0.05, 0) is 43.0 Å². The minimum absolute atomic E-state index is 0.0409. The first kappa shape index (κ1) is 28.4. The Morgan fingerprint density at radius 2 is 1.95 bits per heavy atom. The van der Waals surface area contributed by atoms with E-state index in [1.165, 1.54) is 17.9 Å². The summed E-state index contributed by atoms with van der Waals surface area (Å²) in [6.45, 7) is 8.86. The summed E-state index contributed by atoms with van der Waals surface area (Å²) < 4.78 is 10.7. The minimum Gasteiger partial charge on any atom is -0.468 e. The van der Waals surface area contributed by atoms with E-state index in [1.807, 2.05) is 57.5 Å². The van der Waals surface area contributed by atoms with Crippen LogP contribution in [0.2, 0.25) is 0 Å². The van der Waals surface area contributed by atoms with Gasteiger partial charge in [-0.15, -0.1) is 11.3 Å². The molecule has 0 saturated carbocycles. The van der Waals surface area contributed by atoms with Crippen molar-refractivity contribution in [2.75, 3.05) is 13.2 Å². The van der Waals surface area contributed by atoms with Crippen molar-refractivity contribution in [1.82, 2.24) is 20.4 Å². The molecule has 1 fully saturated rings. The summed E-state index contributed by atoms with van der Waals surface area (Å²) in [5, 5.41) is 17.2. The number of likely N-dealkylation sites (tertiary alicyclic amines) is 1. The number of nitrogens with zero attached hydrogens (tertiary/aromatic N) is 3. The first-order valence-electron chi connectivity index (χ1n) is 12.9. The lowest BCUT2D eigenvalue weighted by atomic mass is 9.91. The maximum absolute atomic E-state index is 13.7. The molecule has 2 aromatic heterocycles. The van der Waals surface area contributed by atoms with E-state index in [-0.39, 0.29) is 60.8 Å². The number of aliphatic hydroxyl groups excluding tert-OH is 1. The predicted molar refractivity (Wildman–Crippen MR) is 145 cm³/mol. The maximum Gasteiger partial charge on any atom is 0.254 e. The number of benzene rings is 1. The second-order valence-electron chi connectivity index (χ2n) is 10.3. The van der Waals surface area contributed by atoms with Crippen molar-refractivity contribution in [1.29, 1.82) is 0 Å². The van der Waals surface area contributed by atoms with Gasteiger partial charge in [0.25, 0.3) is 5.88 Å². The highest BCUT2D eigenvalue weighted by Crippen LogP contribution is 2.33. The molecule has 1 aliphatic rings. The second-order valence-corrected chi connectivity index (χ2v) is 11.1. The second kappa shape index (κ2) is 12.1. The third-order valence-electron chi connectivity index (χ3n) is 6.81. The number of rotatable bonds is 10. The summed E-state index contributed by atoms with van der Waals surface area (Å²) in [7, 11) is 0. The van der Waals surface area contributed by atoms with Gasteiger partial charge in [0.2, 0.25) is 11.8 Å². The largest absolute Gasteiger partial charge is 0.468 e. The van der Waals surface area contributed by atoms with Gasteiger partial charge in [-0.25, -0.2) is 4.98 Å². The van der Waals surface area contributed by atoms with Crippen molar-refractivity contribution in [3.63, 3.8) is 0 Å². The van der Waals surface area contributed by atoms with Crippen LogP contribution in [0.3, 0.4) is 0 Å². The Labute approximate surface area is 231 Å². The van der Waals surface area contributed by atoms with E-state index in [1.54, 1.807) is 11.3 Å². The molecule has 2 N–H and O–H groups in total. The molecule has 2 amide bonds. The zero-order valence-corrected chi connectivity index (χ0v) is 23.5. The van der Waals surface area contributed by atoms with Crippen LogP contribution in [0.15, 0.2) is 40.4 Å². The number of hydrogen-bond donors (Lipinski definition) is 2. The van der Waals surface area contributed by atoms with Crippen LogP contribution in [-0.4, -0.2) is 63.0 Å². The Kier molecular flexibility index (Phi) is 8.81. The Hall–Kier alpha value is -3.57. The number of Topliss-reactive ketones (excluding diaryl/α,β-unsaturated/α-hetero) is 1. The van der Waals surface area contributed by atoms with E-state index in [2.05, 4.69) is 15.5 Å². The number of aryl methyl sites for hydroxylation is 1. The number of β-amino-alcohol motifs (C(OH)–C–C–N with tert-alkyl or cyclic N) is 1. The zero-order valence-electron chi connectivity index (χ0n) is 22.7. The number of thiazole rings is 1. The lowest BCUT2D eigenvalue weighted by molar-refractivity contribution is -0.141. The number of aromatic nitrogens is 2. The van der Waals surface area contributed by atoms with Crippen molar-refractivity contribution in [3.05, 3.63) is 52.9 Å². The quantitative estimate of drug-likeness (QED) is 0.388. The number of ether oxygens (including phenoxy) is 1. The molecule has 10 nitrogen and oxygen atoms in total. The van der Waals surface area contributed by atoms with Gasteiger partial charge in [-0.3, -0.25) is 14.4 Å². The fraction of sp³-hybridized carbons (Fsp3) is 0.464. The number of aliphatic hydroxyl groups is 1. The van der Waals surface area contributed by atoms with E-state index in [9.17, 15) is 19.5 Å². The van der Waals surface area contributed by atoms with Crippen molar-refractivity contribution < 1.29 is 28.8 Å². The molecule has 0 unspecified atom stereocenters. The van der Waals surface area contributed by atoms with Gasteiger partial charge in [-0.1, -0.05) is 38.1 Å². The van der Waals surface area contributed by atoms with Crippen LogP contribution in [0.25, 0.3) is 10.4 Å². The monoisotopic (exact) mass is 554 g/mol. The lowest BCUT2D eigenvalue weighted by Gasteiger charge is -2.29. The average molecular weight is 555 g/mol. The molecule has 11 heteroatoms. The molecule has 4 atom stereocenters. The SMILES string of the molecule is CC(=O)COc1cc([C@H](C(=O)N2C[C@H](O)C[C@H]2C(=O)N[C@@H](C)c2ccc(-c3scnc3C)cc2)C(C)C)on1. The highest BCUT2D eigenvalue weighted by molar-refractivity contribution is 7.13. The molecular formula is C28H34N4O6S.